The van der Waals surface area contributed by atoms with Crippen LogP contribution in [-0.4, -0.2) is 32.2 Å². The van der Waals surface area contributed by atoms with Crippen LogP contribution in [-0.2, 0) is 13.5 Å². The Morgan fingerprint density at radius 1 is 1.60 bits per heavy atom. The molecule has 1 saturated carbocycles. The Balaban J connectivity index is 1.58. The molecule has 0 aliphatic heterocycles. The highest BCUT2D eigenvalue weighted by Gasteiger charge is 2.30. The van der Waals surface area contributed by atoms with E-state index in [1.54, 1.807) is 6.20 Å². The fourth-order valence-electron chi connectivity index (χ4n) is 2.23. The predicted molar refractivity (Wildman–Crippen MR) is 74.2 cm³/mol. The van der Waals surface area contributed by atoms with Crippen molar-refractivity contribution in [2.24, 2.45) is 7.05 Å². The molecule has 4 N–H and O–H groups in total. The number of aryl methyl sites for hydroxylation is 1. The Kier molecular flexibility index (Phi) is 3.17. The van der Waals surface area contributed by atoms with Gasteiger partial charge in [-0.15, -0.1) is 0 Å². The summed E-state index contributed by atoms with van der Waals surface area (Å²) in [5.41, 5.74) is 7.65. The Hall–Kier alpha value is -2.31. The number of anilines is 1. The van der Waals surface area contributed by atoms with E-state index >= 15 is 0 Å². The second kappa shape index (κ2) is 4.99. The van der Waals surface area contributed by atoms with Gasteiger partial charge in [0.05, 0.1) is 11.4 Å². The minimum atomic E-state index is -0.236. The van der Waals surface area contributed by atoms with Crippen molar-refractivity contribution in [3.63, 3.8) is 0 Å². The van der Waals surface area contributed by atoms with Crippen LogP contribution in [0.4, 0.5) is 5.69 Å². The summed E-state index contributed by atoms with van der Waals surface area (Å²) in [5.74, 6) is 1.15. The largest absolute Gasteiger partial charge is 0.395 e. The van der Waals surface area contributed by atoms with E-state index in [-0.39, 0.29) is 5.91 Å². The van der Waals surface area contributed by atoms with E-state index in [4.69, 9.17) is 5.73 Å². The molecule has 0 spiro atoms. The number of carbonyl (C=O) groups is 1. The molecule has 0 radical (unpaired) electrons. The normalized spacial score (nSPS) is 14.4. The third-order valence-corrected chi connectivity index (χ3v) is 3.59. The molecule has 1 amide bonds. The Morgan fingerprint density at radius 3 is 3.05 bits per heavy atom. The summed E-state index contributed by atoms with van der Waals surface area (Å²) in [4.78, 5) is 16.2. The van der Waals surface area contributed by atoms with Gasteiger partial charge in [0.25, 0.3) is 5.91 Å². The molecular weight excluding hydrogens is 256 g/mol. The lowest BCUT2D eigenvalue weighted by Gasteiger charge is -2.04. The molecule has 0 bridgehead atoms. The maximum atomic E-state index is 12.0. The zero-order valence-corrected chi connectivity index (χ0v) is 11.4. The third kappa shape index (κ3) is 2.38. The molecule has 20 heavy (non-hydrogen) atoms. The second-order valence-corrected chi connectivity index (χ2v) is 5.13. The zero-order valence-electron chi connectivity index (χ0n) is 11.4. The first-order valence-electron chi connectivity index (χ1n) is 6.75. The third-order valence-electron chi connectivity index (χ3n) is 3.59. The quantitative estimate of drug-likeness (QED) is 0.742. The Morgan fingerprint density at radius 2 is 2.40 bits per heavy atom. The standard InChI is InChI=1S/C13H18N6O/c1-19-7-6-15-9(19)4-5-16-13(20)12-10(14)11(17-18-12)8-2-3-8/h6-8H,2-5,14H2,1H3,(H,16,20)(H,17,18). The van der Waals surface area contributed by atoms with Crippen molar-refractivity contribution in [1.82, 2.24) is 25.1 Å². The van der Waals surface area contributed by atoms with E-state index in [9.17, 15) is 4.79 Å². The maximum Gasteiger partial charge on any atom is 0.273 e. The minimum absolute atomic E-state index is 0.236. The molecule has 1 aliphatic rings. The lowest BCUT2D eigenvalue weighted by molar-refractivity contribution is 0.0950. The number of nitrogen functional groups attached to an aromatic ring is 1. The average molecular weight is 274 g/mol. The molecule has 2 heterocycles. The van der Waals surface area contributed by atoms with E-state index in [0.717, 1.165) is 24.4 Å². The molecule has 106 valence electrons. The van der Waals surface area contributed by atoms with Crippen molar-refractivity contribution < 1.29 is 4.79 Å². The highest BCUT2D eigenvalue weighted by Crippen LogP contribution is 2.42. The highest BCUT2D eigenvalue weighted by atomic mass is 16.1. The monoisotopic (exact) mass is 274 g/mol. The van der Waals surface area contributed by atoms with Crippen LogP contribution in [0.3, 0.4) is 0 Å². The second-order valence-electron chi connectivity index (χ2n) is 5.13. The molecule has 2 aromatic rings. The van der Waals surface area contributed by atoms with Crippen LogP contribution in [0.2, 0.25) is 0 Å². The van der Waals surface area contributed by atoms with Gasteiger partial charge in [0.1, 0.15) is 5.82 Å². The maximum absolute atomic E-state index is 12.0. The zero-order chi connectivity index (χ0) is 14.1. The molecule has 7 heteroatoms. The van der Waals surface area contributed by atoms with Crippen molar-refractivity contribution in [3.05, 3.63) is 29.6 Å². The van der Waals surface area contributed by atoms with Gasteiger partial charge in [-0.05, 0) is 12.8 Å². The minimum Gasteiger partial charge on any atom is -0.395 e. The summed E-state index contributed by atoms with van der Waals surface area (Å²) in [6, 6.07) is 0. The molecule has 2 aromatic heterocycles. The number of hydrogen-bond acceptors (Lipinski definition) is 4. The molecular formula is C13H18N6O. The molecule has 0 aromatic carbocycles. The van der Waals surface area contributed by atoms with Crippen molar-refractivity contribution >= 4 is 11.6 Å². The first-order valence-corrected chi connectivity index (χ1v) is 6.75. The molecule has 1 aliphatic carbocycles. The van der Waals surface area contributed by atoms with Gasteiger partial charge in [-0.25, -0.2) is 4.98 Å². The fourth-order valence-corrected chi connectivity index (χ4v) is 2.23. The average Bonchev–Trinajstić information content (AvgIpc) is 3.08. The summed E-state index contributed by atoms with van der Waals surface area (Å²) < 4.78 is 1.93. The van der Waals surface area contributed by atoms with Crippen LogP contribution < -0.4 is 11.1 Å². The fraction of sp³-hybridized carbons (Fsp3) is 0.462. The van der Waals surface area contributed by atoms with E-state index in [2.05, 4.69) is 20.5 Å². The van der Waals surface area contributed by atoms with E-state index in [1.165, 1.54) is 0 Å². The number of amides is 1. The smallest absolute Gasteiger partial charge is 0.273 e. The first-order chi connectivity index (χ1) is 9.66. The van der Waals surface area contributed by atoms with Crippen molar-refractivity contribution in [2.45, 2.75) is 25.2 Å². The van der Waals surface area contributed by atoms with Crippen LogP contribution in [0.1, 0.15) is 40.8 Å². The van der Waals surface area contributed by atoms with Gasteiger partial charge in [-0.2, -0.15) is 5.10 Å². The topological polar surface area (TPSA) is 102 Å². The Labute approximate surface area is 116 Å². The number of rotatable bonds is 5. The van der Waals surface area contributed by atoms with Gasteiger partial charge in [0.15, 0.2) is 5.69 Å². The molecule has 0 unspecified atom stereocenters. The van der Waals surface area contributed by atoms with Crippen LogP contribution in [0.25, 0.3) is 0 Å². The Bertz CT molecular complexity index is 625. The van der Waals surface area contributed by atoms with Crippen molar-refractivity contribution in [1.29, 1.82) is 0 Å². The predicted octanol–water partition coefficient (Wildman–Crippen LogP) is 0.575. The van der Waals surface area contributed by atoms with Gasteiger partial charge >= 0.3 is 0 Å². The lowest BCUT2D eigenvalue weighted by atomic mass is 10.2. The van der Waals surface area contributed by atoms with Crippen molar-refractivity contribution in [3.8, 4) is 0 Å². The van der Waals surface area contributed by atoms with Crippen LogP contribution in [0, 0.1) is 0 Å². The number of nitrogens with zero attached hydrogens (tertiary/aromatic N) is 3. The summed E-state index contributed by atoms with van der Waals surface area (Å²) in [5, 5.41) is 9.73. The number of hydrogen-bond donors (Lipinski definition) is 3. The molecule has 0 atom stereocenters. The van der Waals surface area contributed by atoms with E-state index in [1.807, 2.05) is 17.8 Å². The lowest BCUT2D eigenvalue weighted by Crippen LogP contribution is -2.27. The number of carbonyl (C=O) groups excluding carboxylic acids is 1. The molecule has 3 rings (SSSR count). The van der Waals surface area contributed by atoms with Gasteiger partial charge < -0.3 is 15.6 Å². The van der Waals surface area contributed by atoms with E-state index < -0.39 is 0 Å². The number of nitrogens with two attached hydrogens (primary N) is 1. The highest BCUT2D eigenvalue weighted by molar-refractivity contribution is 5.97. The summed E-state index contributed by atoms with van der Waals surface area (Å²) >= 11 is 0. The number of imidazole rings is 1. The van der Waals surface area contributed by atoms with Crippen molar-refractivity contribution in [2.75, 3.05) is 12.3 Å². The van der Waals surface area contributed by atoms with E-state index in [0.29, 0.717) is 30.3 Å². The number of aromatic nitrogens is 4. The number of nitrogens with one attached hydrogen (secondary N) is 2. The SMILES string of the molecule is Cn1ccnc1CCNC(=O)c1n[nH]c(C2CC2)c1N. The first kappa shape index (κ1) is 12.7. The number of H-pyrrole nitrogens is 1. The van der Waals surface area contributed by atoms with Crippen LogP contribution in [0.15, 0.2) is 12.4 Å². The number of aromatic amines is 1. The van der Waals surface area contributed by atoms with Gasteiger partial charge in [0.2, 0.25) is 0 Å². The van der Waals surface area contributed by atoms with Crippen LogP contribution in [0.5, 0.6) is 0 Å². The summed E-state index contributed by atoms with van der Waals surface area (Å²) in [6.45, 7) is 0.509. The van der Waals surface area contributed by atoms with Crippen LogP contribution >= 0.6 is 0 Å². The summed E-state index contributed by atoms with van der Waals surface area (Å²) in [7, 11) is 1.93. The van der Waals surface area contributed by atoms with Gasteiger partial charge in [0, 0.05) is 38.3 Å². The molecule has 0 saturated heterocycles. The molecule has 7 nitrogen and oxygen atoms in total. The summed E-state index contributed by atoms with van der Waals surface area (Å²) in [6.07, 6.45) is 6.53. The van der Waals surface area contributed by atoms with Gasteiger partial charge in [-0.1, -0.05) is 0 Å². The van der Waals surface area contributed by atoms with Gasteiger partial charge in [-0.3, -0.25) is 9.89 Å². The molecule has 1 fully saturated rings.